The number of carbonyl (C=O) groups excluding carboxylic acids is 1. The number of hydrogen-bond donors (Lipinski definition) is 1. The summed E-state index contributed by atoms with van der Waals surface area (Å²) >= 11 is 0. The van der Waals surface area contributed by atoms with Crippen LogP contribution in [-0.4, -0.2) is 35.0 Å². The Morgan fingerprint density at radius 1 is 1.27 bits per heavy atom. The van der Waals surface area contributed by atoms with Crippen LogP contribution in [0.3, 0.4) is 0 Å². The first kappa shape index (κ1) is 16.7. The summed E-state index contributed by atoms with van der Waals surface area (Å²) in [6.45, 7) is 5.91. The Hall–Kier alpha value is -1.63. The van der Waals surface area contributed by atoms with Gasteiger partial charge in [0.15, 0.2) is 0 Å². The van der Waals surface area contributed by atoms with Crippen molar-refractivity contribution >= 4 is 6.09 Å². The minimum Gasteiger partial charge on any atom is -0.444 e. The highest BCUT2D eigenvalue weighted by Crippen LogP contribution is 2.32. The molecule has 0 radical (unpaired) electrons. The smallest absolute Gasteiger partial charge is 0.407 e. The lowest BCUT2D eigenvalue weighted by Gasteiger charge is -2.28. The van der Waals surface area contributed by atoms with Gasteiger partial charge in [-0.05, 0) is 46.5 Å². The van der Waals surface area contributed by atoms with Crippen molar-refractivity contribution in [1.29, 1.82) is 0 Å². The molecule has 2 rings (SSSR count). The maximum Gasteiger partial charge on any atom is 0.407 e. The van der Waals surface area contributed by atoms with Crippen molar-refractivity contribution in [2.75, 3.05) is 7.11 Å². The number of amides is 1. The number of rotatable bonds is 4. The van der Waals surface area contributed by atoms with Crippen LogP contribution < -0.4 is 5.32 Å². The average molecular weight is 311 g/mol. The molecule has 7 heteroatoms. The Balaban J connectivity index is 1.78. The van der Waals surface area contributed by atoms with E-state index in [0.29, 0.717) is 18.4 Å². The van der Waals surface area contributed by atoms with Crippen molar-refractivity contribution in [3.63, 3.8) is 0 Å². The zero-order valence-electron chi connectivity index (χ0n) is 13.7. The fourth-order valence-corrected chi connectivity index (χ4v) is 2.57. The van der Waals surface area contributed by atoms with Gasteiger partial charge in [0.1, 0.15) is 12.2 Å². The zero-order valence-corrected chi connectivity index (χ0v) is 13.7. The lowest BCUT2D eigenvalue weighted by molar-refractivity contribution is 0.0490. The third-order valence-electron chi connectivity index (χ3n) is 3.55. The van der Waals surface area contributed by atoms with E-state index in [-0.39, 0.29) is 18.1 Å². The van der Waals surface area contributed by atoms with Crippen molar-refractivity contribution in [2.24, 2.45) is 0 Å². The normalized spacial score (nSPS) is 22.4. The van der Waals surface area contributed by atoms with Crippen LogP contribution in [0.2, 0.25) is 0 Å². The molecule has 124 valence electrons. The lowest BCUT2D eigenvalue weighted by Crippen LogP contribution is -2.40. The number of aromatic nitrogens is 2. The van der Waals surface area contributed by atoms with Gasteiger partial charge in [0.05, 0.1) is 0 Å². The van der Waals surface area contributed by atoms with Gasteiger partial charge in [0.25, 0.3) is 0 Å². The van der Waals surface area contributed by atoms with Gasteiger partial charge in [-0.25, -0.2) is 4.79 Å². The second kappa shape index (κ2) is 7.09. The van der Waals surface area contributed by atoms with Crippen LogP contribution >= 0.6 is 0 Å². The maximum absolute atomic E-state index is 11.8. The van der Waals surface area contributed by atoms with Crippen molar-refractivity contribution in [1.82, 2.24) is 15.5 Å². The first-order chi connectivity index (χ1) is 10.4. The second-order valence-corrected chi connectivity index (χ2v) is 6.66. The third kappa shape index (κ3) is 4.98. The molecule has 1 fully saturated rings. The Labute approximate surface area is 130 Å². The molecule has 0 bridgehead atoms. The minimum atomic E-state index is -0.469. The van der Waals surface area contributed by atoms with E-state index in [1.165, 1.54) is 0 Å². The first-order valence-corrected chi connectivity index (χ1v) is 7.68. The van der Waals surface area contributed by atoms with Crippen molar-refractivity contribution < 1.29 is 18.7 Å². The molecule has 1 aliphatic rings. The predicted molar refractivity (Wildman–Crippen MR) is 79.4 cm³/mol. The van der Waals surface area contributed by atoms with E-state index in [1.54, 1.807) is 7.11 Å². The number of alkyl carbamates (subject to hydrolysis) is 1. The molecule has 0 aromatic carbocycles. The molecule has 1 aromatic heterocycles. The van der Waals surface area contributed by atoms with Crippen molar-refractivity contribution in [3.8, 4) is 0 Å². The van der Waals surface area contributed by atoms with E-state index in [4.69, 9.17) is 13.9 Å². The summed E-state index contributed by atoms with van der Waals surface area (Å²) in [6, 6.07) is 0.146. The maximum atomic E-state index is 11.8. The fourth-order valence-electron chi connectivity index (χ4n) is 2.57. The standard InChI is InChI=1S/C15H25N3O4/c1-15(2,3)22-14(19)16-11-7-5-10(6-8-11)13-18-17-12(21-13)9-20-4/h10-11H,5-9H2,1-4H3,(H,16,19). The summed E-state index contributed by atoms with van der Waals surface area (Å²) in [5, 5.41) is 11.0. The molecule has 0 aliphatic heterocycles. The topological polar surface area (TPSA) is 86.5 Å². The van der Waals surface area contributed by atoms with E-state index in [2.05, 4.69) is 15.5 Å². The molecule has 1 aliphatic carbocycles. The largest absolute Gasteiger partial charge is 0.444 e. The van der Waals surface area contributed by atoms with Crippen molar-refractivity contribution in [2.45, 2.75) is 70.6 Å². The molecule has 1 heterocycles. The molecule has 1 aromatic rings. The van der Waals surface area contributed by atoms with Gasteiger partial charge in [0, 0.05) is 19.1 Å². The van der Waals surface area contributed by atoms with Gasteiger partial charge in [0.2, 0.25) is 11.8 Å². The summed E-state index contributed by atoms with van der Waals surface area (Å²) in [7, 11) is 1.59. The summed E-state index contributed by atoms with van der Waals surface area (Å²) in [6.07, 6.45) is 3.23. The van der Waals surface area contributed by atoms with E-state index < -0.39 is 5.60 Å². The summed E-state index contributed by atoms with van der Waals surface area (Å²) in [4.78, 5) is 11.8. The molecule has 22 heavy (non-hydrogen) atoms. The summed E-state index contributed by atoms with van der Waals surface area (Å²) in [5.41, 5.74) is -0.469. The van der Waals surface area contributed by atoms with Gasteiger partial charge < -0.3 is 19.2 Å². The highest BCUT2D eigenvalue weighted by atomic mass is 16.6. The number of hydrogen-bond acceptors (Lipinski definition) is 6. The molecule has 1 saturated carbocycles. The summed E-state index contributed by atoms with van der Waals surface area (Å²) in [5.74, 6) is 1.43. The fraction of sp³-hybridized carbons (Fsp3) is 0.800. The molecule has 0 spiro atoms. The molecule has 1 N–H and O–H groups in total. The second-order valence-electron chi connectivity index (χ2n) is 6.66. The Morgan fingerprint density at radius 3 is 2.55 bits per heavy atom. The van der Waals surface area contributed by atoms with Gasteiger partial charge in [-0.2, -0.15) is 0 Å². The van der Waals surface area contributed by atoms with E-state index in [1.807, 2.05) is 20.8 Å². The molecule has 1 amide bonds. The van der Waals surface area contributed by atoms with Crippen LogP contribution in [-0.2, 0) is 16.1 Å². The quantitative estimate of drug-likeness (QED) is 0.920. The van der Waals surface area contributed by atoms with Crippen LogP contribution in [0.1, 0.15) is 64.2 Å². The van der Waals surface area contributed by atoms with Crippen LogP contribution in [0.5, 0.6) is 0 Å². The van der Waals surface area contributed by atoms with E-state index >= 15 is 0 Å². The average Bonchev–Trinajstić information content (AvgIpc) is 2.86. The monoisotopic (exact) mass is 311 g/mol. The predicted octanol–water partition coefficient (Wildman–Crippen LogP) is 2.77. The molecular formula is C15H25N3O4. The molecule has 0 saturated heterocycles. The Kier molecular flexibility index (Phi) is 5.39. The van der Waals surface area contributed by atoms with E-state index in [9.17, 15) is 4.79 Å². The van der Waals surface area contributed by atoms with Gasteiger partial charge in [-0.3, -0.25) is 0 Å². The Morgan fingerprint density at radius 2 is 1.95 bits per heavy atom. The SMILES string of the molecule is COCc1nnc(C2CCC(NC(=O)OC(C)(C)C)CC2)o1. The highest BCUT2D eigenvalue weighted by Gasteiger charge is 2.28. The number of nitrogens with zero attached hydrogens (tertiary/aromatic N) is 2. The lowest BCUT2D eigenvalue weighted by atomic mass is 9.86. The van der Waals surface area contributed by atoms with Crippen LogP contribution in [0.4, 0.5) is 4.79 Å². The van der Waals surface area contributed by atoms with Gasteiger partial charge in [-0.1, -0.05) is 0 Å². The van der Waals surface area contributed by atoms with E-state index in [0.717, 1.165) is 25.7 Å². The van der Waals surface area contributed by atoms with Crippen LogP contribution in [0, 0.1) is 0 Å². The molecule has 7 nitrogen and oxygen atoms in total. The molecule has 0 unspecified atom stereocenters. The number of nitrogens with one attached hydrogen (secondary N) is 1. The van der Waals surface area contributed by atoms with Crippen LogP contribution in [0.15, 0.2) is 4.42 Å². The van der Waals surface area contributed by atoms with Crippen LogP contribution in [0.25, 0.3) is 0 Å². The number of ether oxygens (including phenoxy) is 2. The number of carbonyl (C=O) groups is 1. The van der Waals surface area contributed by atoms with Gasteiger partial charge >= 0.3 is 6.09 Å². The third-order valence-corrected chi connectivity index (χ3v) is 3.55. The minimum absolute atomic E-state index is 0.146. The molecule has 0 atom stereocenters. The van der Waals surface area contributed by atoms with Crippen molar-refractivity contribution in [3.05, 3.63) is 11.8 Å². The highest BCUT2D eigenvalue weighted by molar-refractivity contribution is 5.68. The van der Waals surface area contributed by atoms with Gasteiger partial charge in [-0.15, -0.1) is 10.2 Å². The zero-order chi connectivity index (χ0) is 16.2. The summed E-state index contributed by atoms with van der Waals surface area (Å²) < 4.78 is 15.8. The Bertz CT molecular complexity index is 487. The molecular weight excluding hydrogens is 286 g/mol. The first-order valence-electron chi connectivity index (χ1n) is 7.68. The number of methoxy groups -OCH3 is 1.